The van der Waals surface area contributed by atoms with Crippen LogP contribution in [0.25, 0.3) is 0 Å². The Labute approximate surface area is 220 Å². The van der Waals surface area contributed by atoms with E-state index < -0.39 is 28.5 Å². The van der Waals surface area contributed by atoms with Gasteiger partial charge in [0.05, 0.1) is 10.6 Å². The first-order valence-electron chi connectivity index (χ1n) is 12.4. The number of nitrogens with one attached hydrogen (secondary N) is 1. The molecule has 37 heavy (non-hydrogen) atoms. The summed E-state index contributed by atoms with van der Waals surface area (Å²) in [6, 6.07) is 22.2. The molecule has 3 rings (SSSR count). The second-order valence-electron chi connectivity index (χ2n) is 8.99. The van der Waals surface area contributed by atoms with Crippen LogP contribution in [0.15, 0.2) is 83.8 Å². The minimum Gasteiger partial charge on any atom is -0.355 e. The van der Waals surface area contributed by atoms with E-state index in [-0.39, 0.29) is 17.3 Å². The molecule has 196 valence electrons. The van der Waals surface area contributed by atoms with Gasteiger partial charge in [-0.25, -0.2) is 8.42 Å². The van der Waals surface area contributed by atoms with E-state index in [0.29, 0.717) is 18.7 Å². The van der Waals surface area contributed by atoms with Crippen LogP contribution in [0.5, 0.6) is 0 Å². The highest BCUT2D eigenvalue weighted by Gasteiger charge is 2.33. The van der Waals surface area contributed by atoms with Crippen LogP contribution in [0.2, 0.25) is 0 Å². The number of hydrogen-bond donors (Lipinski definition) is 1. The Balaban J connectivity index is 2.05. The van der Waals surface area contributed by atoms with Gasteiger partial charge >= 0.3 is 0 Å². The van der Waals surface area contributed by atoms with Crippen LogP contribution in [0, 0.1) is 13.8 Å². The monoisotopic (exact) mass is 521 g/mol. The van der Waals surface area contributed by atoms with Gasteiger partial charge in [0.1, 0.15) is 12.6 Å². The molecule has 8 heteroatoms. The van der Waals surface area contributed by atoms with Crippen molar-refractivity contribution in [2.24, 2.45) is 0 Å². The lowest BCUT2D eigenvalue weighted by Gasteiger charge is -2.33. The summed E-state index contributed by atoms with van der Waals surface area (Å²) in [6.07, 6.45) is 0.388. The van der Waals surface area contributed by atoms with E-state index in [1.165, 1.54) is 4.90 Å². The molecule has 0 spiro atoms. The summed E-state index contributed by atoms with van der Waals surface area (Å²) in [6.45, 7) is 7.58. The summed E-state index contributed by atoms with van der Waals surface area (Å²) in [7, 11) is -4.07. The normalized spacial score (nSPS) is 12.0. The number of likely N-dealkylation sites (N-methyl/N-ethyl adjacent to an activating group) is 1. The van der Waals surface area contributed by atoms with Crippen molar-refractivity contribution in [1.29, 1.82) is 0 Å². The quantitative estimate of drug-likeness (QED) is 0.404. The van der Waals surface area contributed by atoms with Gasteiger partial charge < -0.3 is 10.2 Å². The maximum Gasteiger partial charge on any atom is 0.264 e. The van der Waals surface area contributed by atoms with Gasteiger partial charge in [-0.05, 0) is 62.6 Å². The Morgan fingerprint density at radius 2 is 1.54 bits per heavy atom. The number of carbonyl (C=O) groups excluding carboxylic acids is 2. The van der Waals surface area contributed by atoms with Gasteiger partial charge in [0.25, 0.3) is 10.0 Å². The van der Waals surface area contributed by atoms with Crippen LogP contribution in [-0.4, -0.2) is 44.3 Å². The molecule has 0 bridgehead atoms. The Morgan fingerprint density at radius 1 is 0.865 bits per heavy atom. The smallest absolute Gasteiger partial charge is 0.264 e. The second kappa shape index (κ2) is 12.5. The van der Waals surface area contributed by atoms with Gasteiger partial charge in [0.15, 0.2) is 0 Å². The summed E-state index contributed by atoms with van der Waals surface area (Å²) < 4.78 is 28.8. The molecule has 0 radical (unpaired) electrons. The van der Waals surface area contributed by atoms with Gasteiger partial charge in [-0.3, -0.25) is 13.9 Å². The minimum atomic E-state index is -4.07. The summed E-state index contributed by atoms with van der Waals surface area (Å²) >= 11 is 0. The highest BCUT2D eigenvalue weighted by atomic mass is 32.2. The number of benzene rings is 3. The van der Waals surface area contributed by atoms with Crippen molar-refractivity contribution in [1.82, 2.24) is 10.2 Å². The van der Waals surface area contributed by atoms with Crippen molar-refractivity contribution >= 4 is 27.5 Å². The third-order valence-electron chi connectivity index (χ3n) is 6.11. The summed E-state index contributed by atoms with van der Waals surface area (Å²) in [5, 5.41) is 2.81. The standard InChI is InChI=1S/C29H35N3O4S/c1-5-27(29(34)30-6-2)31(20-24-12-8-7-9-13-24)28(33)21-32(25-14-10-11-23(4)19-25)37(35,36)26-17-15-22(3)16-18-26/h7-19,27H,5-6,20-21H2,1-4H3,(H,30,34)/t27-/m0/s1. The van der Waals surface area contributed by atoms with Gasteiger partial charge in [0, 0.05) is 13.1 Å². The van der Waals surface area contributed by atoms with E-state index in [9.17, 15) is 18.0 Å². The van der Waals surface area contributed by atoms with E-state index in [0.717, 1.165) is 21.0 Å². The predicted molar refractivity (Wildman–Crippen MR) is 147 cm³/mol. The van der Waals surface area contributed by atoms with Gasteiger partial charge in [-0.2, -0.15) is 0 Å². The minimum absolute atomic E-state index is 0.0952. The van der Waals surface area contributed by atoms with E-state index in [4.69, 9.17) is 0 Å². The SMILES string of the molecule is CCNC(=O)[C@H](CC)N(Cc1ccccc1)C(=O)CN(c1cccc(C)c1)S(=O)(=O)c1ccc(C)cc1. The molecule has 7 nitrogen and oxygen atoms in total. The molecule has 1 atom stereocenters. The first-order valence-corrected chi connectivity index (χ1v) is 13.9. The number of amides is 2. The van der Waals surface area contributed by atoms with E-state index in [1.807, 2.05) is 64.1 Å². The fourth-order valence-corrected chi connectivity index (χ4v) is 5.55. The average Bonchev–Trinajstić information content (AvgIpc) is 2.88. The molecule has 0 fully saturated rings. The first kappa shape index (κ1) is 27.9. The van der Waals surface area contributed by atoms with Crippen molar-refractivity contribution in [3.05, 3.63) is 95.6 Å². The number of nitrogens with zero attached hydrogens (tertiary/aromatic N) is 2. The number of rotatable bonds is 11. The summed E-state index contributed by atoms with van der Waals surface area (Å²) in [4.78, 5) is 28.4. The van der Waals surface area contributed by atoms with Crippen molar-refractivity contribution < 1.29 is 18.0 Å². The van der Waals surface area contributed by atoms with Crippen molar-refractivity contribution in [2.75, 3.05) is 17.4 Å². The van der Waals surface area contributed by atoms with Gasteiger partial charge in [-0.1, -0.05) is 67.1 Å². The molecule has 2 amide bonds. The lowest BCUT2D eigenvalue weighted by Crippen LogP contribution is -2.52. The zero-order valence-electron chi connectivity index (χ0n) is 21.8. The largest absolute Gasteiger partial charge is 0.355 e. The number of aryl methyl sites for hydroxylation is 2. The molecule has 0 aliphatic heterocycles. The Bertz CT molecular complexity index is 1310. The molecule has 0 aliphatic rings. The van der Waals surface area contributed by atoms with Crippen LogP contribution in [-0.2, 0) is 26.2 Å². The molecule has 0 aliphatic carbocycles. The summed E-state index contributed by atoms with van der Waals surface area (Å²) in [5.41, 5.74) is 3.03. The number of anilines is 1. The molecule has 0 aromatic heterocycles. The van der Waals surface area contributed by atoms with Crippen LogP contribution in [0.3, 0.4) is 0 Å². The van der Waals surface area contributed by atoms with E-state index in [2.05, 4.69) is 5.32 Å². The Kier molecular flexibility index (Phi) is 9.47. The Hall–Kier alpha value is -3.65. The summed E-state index contributed by atoms with van der Waals surface area (Å²) in [5.74, 6) is -0.725. The molecule has 0 saturated carbocycles. The second-order valence-corrected chi connectivity index (χ2v) is 10.9. The molecule has 3 aromatic rings. The molecule has 3 aromatic carbocycles. The van der Waals surface area contributed by atoms with Gasteiger partial charge in [-0.15, -0.1) is 0 Å². The fraction of sp³-hybridized carbons (Fsp3) is 0.310. The van der Waals surface area contributed by atoms with Crippen molar-refractivity contribution in [3.63, 3.8) is 0 Å². The highest BCUT2D eigenvalue weighted by molar-refractivity contribution is 7.92. The predicted octanol–water partition coefficient (Wildman–Crippen LogP) is 4.44. The zero-order valence-corrected chi connectivity index (χ0v) is 22.7. The maximum atomic E-state index is 13.9. The number of carbonyl (C=O) groups is 2. The zero-order chi connectivity index (χ0) is 27.0. The lowest BCUT2D eigenvalue weighted by atomic mass is 10.1. The average molecular weight is 522 g/mol. The van der Waals surface area contributed by atoms with E-state index >= 15 is 0 Å². The van der Waals surface area contributed by atoms with Crippen molar-refractivity contribution in [3.8, 4) is 0 Å². The third kappa shape index (κ3) is 6.98. The van der Waals surface area contributed by atoms with Crippen molar-refractivity contribution in [2.45, 2.75) is 51.6 Å². The van der Waals surface area contributed by atoms with Crippen LogP contribution < -0.4 is 9.62 Å². The van der Waals surface area contributed by atoms with Gasteiger partial charge in [0.2, 0.25) is 11.8 Å². The molecule has 0 saturated heterocycles. The van der Waals surface area contributed by atoms with E-state index in [1.54, 1.807) is 42.5 Å². The molecular formula is C29H35N3O4S. The highest BCUT2D eigenvalue weighted by Crippen LogP contribution is 2.26. The maximum absolute atomic E-state index is 13.9. The molecule has 0 unspecified atom stereocenters. The molecular weight excluding hydrogens is 486 g/mol. The lowest BCUT2D eigenvalue weighted by molar-refractivity contribution is -0.140. The van der Waals surface area contributed by atoms with Crippen LogP contribution in [0.4, 0.5) is 5.69 Å². The Morgan fingerprint density at radius 3 is 2.14 bits per heavy atom. The number of hydrogen-bond acceptors (Lipinski definition) is 4. The van der Waals surface area contributed by atoms with Crippen LogP contribution in [0.1, 0.15) is 37.0 Å². The molecule has 0 heterocycles. The fourth-order valence-electron chi connectivity index (χ4n) is 4.14. The number of sulfonamides is 1. The first-order chi connectivity index (χ1) is 17.7. The molecule has 1 N–H and O–H groups in total. The third-order valence-corrected chi connectivity index (χ3v) is 7.90. The van der Waals surface area contributed by atoms with Crippen LogP contribution >= 0.6 is 0 Å². The topological polar surface area (TPSA) is 86.8 Å².